The summed E-state index contributed by atoms with van der Waals surface area (Å²) < 4.78 is 15.3. The Balaban J connectivity index is 2.51. The quantitative estimate of drug-likeness (QED) is 0.915. The standard InChI is InChI=1S/C11H10Cl2FN3/c1-17-11(8(13)5-16-17)10(15)6-3-2-4-7(12)9(6)14/h2-5,10H,15H2,1H3. The summed E-state index contributed by atoms with van der Waals surface area (Å²) in [5.41, 5.74) is 6.83. The zero-order valence-corrected chi connectivity index (χ0v) is 10.5. The number of nitrogens with zero attached hydrogens (tertiary/aromatic N) is 2. The van der Waals surface area contributed by atoms with E-state index >= 15 is 0 Å². The van der Waals surface area contributed by atoms with Gasteiger partial charge in [0.05, 0.1) is 28.0 Å². The molecule has 1 aromatic carbocycles. The van der Waals surface area contributed by atoms with E-state index < -0.39 is 11.9 Å². The molecule has 0 fully saturated rings. The van der Waals surface area contributed by atoms with Gasteiger partial charge in [0.2, 0.25) is 0 Å². The molecule has 3 nitrogen and oxygen atoms in total. The van der Waals surface area contributed by atoms with Crippen LogP contribution in [0.5, 0.6) is 0 Å². The Morgan fingerprint density at radius 1 is 1.35 bits per heavy atom. The van der Waals surface area contributed by atoms with Crippen LogP contribution in [0.15, 0.2) is 24.4 Å². The lowest BCUT2D eigenvalue weighted by Crippen LogP contribution is -2.17. The van der Waals surface area contributed by atoms with E-state index in [0.717, 1.165) is 0 Å². The van der Waals surface area contributed by atoms with E-state index in [1.54, 1.807) is 19.2 Å². The molecule has 2 N–H and O–H groups in total. The molecular weight excluding hydrogens is 264 g/mol. The first kappa shape index (κ1) is 12.4. The molecule has 0 radical (unpaired) electrons. The molecule has 1 atom stereocenters. The van der Waals surface area contributed by atoms with E-state index in [1.165, 1.54) is 16.9 Å². The second-order valence-corrected chi connectivity index (χ2v) is 4.44. The van der Waals surface area contributed by atoms with Crippen molar-refractivity contribution in [2.45, 2.75) is 6.04 Å². The summed E-state index contributed by atoms with van der Waals surface area (Å²) in [4.78, 5) is 0. The fourth-order valence-electron chi connectivity index (χ4n) is 1.68. The molecule has 0 saturated carbocycles. The van der Waals surface area contributed by atoms with Crippen molar-refractivity contribution >= 4 is 23.2 Å². The third-order valence-corrected chi connectivity index (χ3v) is 3.13. The van der Waals surface area contributed by atoms with E-state index in [1.807, 2.05) is 0 Å². The molecule has 0 spiro atoms. The average molecular weight is 274 g/mol. The van der Waals surface area contributed by atoms with E-state index in [0.29, 0.717) is 16.3 Å². The van der Waals surface area contributed by atoms with Gasteiger partial charge in [-0.05, 0) is 6.07 Å². The average Bonchev–Trinajstić information content (AvgIpc) is 2.62. The topological polar surface area (TPSA) is 43.8 Å². The van der Waals surface area contributed by atoms with Crippen molar-refractivity contribution in [1.82, 2.24) is 9.78 Å². The number of nitrogens with two attached hydrogens (primary N) is 1. The van der Waals surface area contributed by atoms with Gasteiger partial charge in [-0.3, -0.25) is 4.68 Å². The molecule has 0 aliphatic rings. The number of hydrogen-bond donors (Lipinski definition) is 1. The molecule has 2 aromatic rings. The van der Waals surface area contributed by atoms with Gasteiger partial charge in [0.15, 0.2) is 0 Å². The second kappa shape index (κ2) is 4.64. The Morgan fingerprint density at radius 2 is 2.06 bits per heavy atom. The van der Waals surface area contributed by atoms with Crippen LogP contribution >= 0.6 is 23.2 Å². The molecule has 0 aliphatic heterocycles. The van der Waals surface area contributed by atoms with Crippen LogP contribution < -0.4 is 5.73 Å². The van der Waals surface area contributed by atoms with Gasteiger partial charge in [-0.1, -0.05) is 35.3 Å². The lowest BCUT2D eigenvalue weighted by molar-refractivity contribution is 0.587. The van der Waals surface area contributed by atoms with Crippen LogP contribution in [0.3, 0.4) is 0 Å². The van der Waals surface area contributed by atoms with E-state index in [2.05, 4.69) is 5.10 Å². The van der Waals surface area contributed by atoms with Gasteiger partial charge in [0.1, 0.15) is 5.82 Å². The van der Waals surface area contributed by atoms with Gasteiger partial charge >= 0.3 is 0 Å². The number of halogens is 3. The van der Waals surface area contributed by atoms with Gasteiger partial charge in [0, 0.05) is 12.6 Å². The molecule has 1 heterocycles. The van der Waals surface area contributed by atoms with Crippen molar-refractivity contribution in [2.24, 2.45) is 12.8 Å². The molecular formula is C11H10Cl2FN3. The molecule has 90 valence electrons. The number of benzene rings is 1. The molecule has 2 rings (SSSR count). The Morgan fingerprint density at radius 3 is 2.65 bits per heavy atom. The first-order valence-corrected chi connectivity index (χ1v) is 5.65. The van der Waals surface area contributed by atoms with E-state index in [-0.39, 0.29) is 5.02 Å². The summed E-state index contributed by atoms with van der Waals surface area (Å²) in [5, 5.41) is 4.40. The maximum atomic E-state index is 13.8. The molecule has 1 unspecified atom stereocenters. The van der Waals surface area contributed by atoms with Gasteiger partial charge in [-0.15, -0.1) is 0 Å². The van der Waals surface area contributed by atoms with Crippen molar-refractivity contribution in [1.29, 1.82) is 0 Å². The SMILES string of the molecule is Cn1ncc(Cl)c1C(N)c1cccc(Cl)c1F. The summed E-state index contributed by atoms with van der Waals surface area (Å²) in [6.07, 6.45) is 1.47. The van der Waals surface area contributed by atoms with Crippen molar-refractivity contribution in [3.63, 3.8) is 0 Å². The number of hydrogen-bond acceptors (Lipinski definition) is 2. The van der Waals surface area contributed by atoms with Crippen LogP contribution in [-0.4, -0.2) is 9.78 Å². The predicted molar refractivity (Wildman–Crippen MR) is 65.7 cm³/mol. The zero-order chi connectivity index (χ0) is 12.6. The lowest BCUT2D eigenvalue weighted by atomic mass is 10.0. The summed E-state index contributed by atoms with van der Waals surface area (Å²) in [7, 11) is 1.70. The van der Waals surface area contributed by atoms with Crippen molar-refractivity contribution in [3.8, 4) is 0 Å². The van der Waals surface area contributed by atoms with Crippen molar-refractivity contribution in [3.05, 3.63) is 51.5 Å². The van der Waals surface area contributed by atoms with Crippen LogP contribution in [-0.2, 0) is 7.05 Å². The fourth-order valence-corrected chi connectivity index (χ4v) is 2.14. The molecule has 17 heavy (non-hydrogen) atoms. The van der Waals surface area contributed by atoms with E-state index in [9.17, 15) is 4.39 Å². The Labute approximate surface area is 108 Å². The van der Waals surface area contributed by atoms with Gasteiger partial charge in [-0.25, -0.2) is 4.39 Å². The summed E-state index contributed by atoms with van der Waals surface area (Å²) in [5.74, 6) is -0.529. The van der Waals surface area contributed by atoms with Crippen molar-refractivity contribution < 1.29 is 4.39 Å². The largest absolute Gasteiger partial charge is 0.319 e. The Hall–Kier alpha value is -1.10. The molecule has 0 bridgehead atoms. The number of rotatable bonds is 2. The number of aromatic nitrogens is 2. The monoisotopic (exact) mass is 273 g/mol. The van der Waals surface area contributed by atoms with Crippen LogP contribution in [0.1, 0.15) is 17.3 Å². The van der Waals surface area contributed by atoms with Gasteiger partial charge < -0.3 is 5.73 Å². The summed E-state index contributed by atoms with van der Waals surface area (Å²) >= 11 is 11.7. The fraction of sp³-hybridized carbons (Fsp3) is 0.182. The summed E-state index contributed by atoms with van der Waals surface area (Å²) in [6.45, 7) is 0. The molecule has 6 heteroatoms. The highest BCUT2D eigenvalue weighted by Crippen LogP contribution is 2.29. The highest BCUT2D eigenvalue weighted by molar-refractivity contribution is 6.31. The third-order valence-electron chi connectivity index (χ3n) is 2.55. The molecule has 1 aromatic heterocycles. The predicted octanol–water partition coefficient (Wildman–Crippen LogP) is 2.91. The highest BCUT2D eigenvalue weighted by atomic mass is 35.5. The first-order chi connectivity index (χ1) is 8.02. The molecule has 0 amide bonds. The van der Waals surface area contributed by atoms with E-state index in [4.69, 9.17) is 28.9 Å². The molecule has 0 saturated heterocycles. The zero-order valence-electron chi connectivity index (χ0n) is 8.99. The Bertz CT molecular complexity index is 534. The lowest BCUT2D eigenvalue weighted by Gasteiger charge is -2.14. The van der Waals surface area contributed by atoms with Gasteiger partial charge in [0.25, 0.3) is 0 Å². The summed E-state index contributed by atoms with van der Waals surface area (Å²) in [6, 6.07) is 3.99. The maximum Gasteiger partial charge on any atom is 0.146 e. The normalized spacial score (nSPS) is 12.8. The van der Waals surface area contributed by atoms with Crippen LogP contribution in [0.2, 0.25) is 10.0 Å². The highest BCUT2D eigenvalue weighted by Gasteiger charge is 2.21. The van der Waals surface area contributed by atoms with Crippen LogP contribution in [0.4, 0.5) is 4.39 Å². The minimum Gasteiger partial charge on any atom is -0.319 e. The second-order valence-electron chi connectivity index (χ2n) is 3.62. The molecule has 0 aliphatic carbocycles. The smallest absolute Gasteiger partial charge is 0.146 e. The first-order valence-electron chi connectivity index (χ1n) is 4.89. The minimum absolute atomic E-state index is 0.0382. The third kappa shape index (κ3) is 2.16. The number of aryl methyl sites for hydroxylation is 1. The Kier molecular flexibility index (Phi) is 3.38. The van der Waals surface area contributed by atoms with Crippen LogP contribution in [0, 0.1) is 5.82 Å². The van der Waals surface area contributed by atoms with Crippen LogP contribution in [0.25, 0.3) is 0 Å². The van der Waals surface area contributed by atoms with Gasteiger partial charge in [-0.2, -0.15) is 5.10 Å². The van der Waals surface area contributed by atoms with Crippen molar-refractivity contribution in [2.75, 3.05) is 0 Å². The minimum atomic E-state index is -0.700. The maximum absolute atomic E-state index is 13.8.